The van der Waals surface area contributed by atoms with E-state index in [0.29, 0.717) is 35.8 Å². The zero-order valence-corrected chi connectivity index (χ0v) is 16.3. The summed E-state index contributed by atoms with van der Waals surface area (Å²) in [5.41, 5.74) is 2.94. The van der Waals surface area contributed by atoms with Crippen LogP contribution in [0.1, 0.15) is 76.3 Å². The zero-order chi connectivity index (χ0) is 18.5. The largest absolute Gasteiger partial charge is 0.508 e. The molecule has 0 spiro atoms. The second kappa shape index (κ2) is 6.58. The Morgan fingerprint density at radius 2 is 2.08 bits per heavy atom. The summed E-state index contributed by atoms with van der Waals surface area (Å²) >= 11 is 0. The number of aromatic hydroxyl groups is 1. The molecule has 1 N–H and O–H groups in total. The third kappa shape index (κ3) is 2.93. The first-order chi connectivity index (χ1) is 12.4. The molecule has 0 bridgehead atoms. The number of aryl methyl sites for hydroxylation is 1. The first kappa shape index (κ1) is 17.9. The number of carbonyl (C=O) groups is 1. The number of phenolic OH excluding ortho intramolecular Hbond substituents is 1. The Hall–Kier alpha value is -1.51. The van der Waals surface area contributed by atoms with E-state index in [1.54, 1.807) is 0 Å². The van der Waals surface area contributed by atoms with Gasteiger partial charge in [-0.15, -0.1) is 0 Å². The van der Waals surface area contributed by atoms with Crippen molar-refractivity contribution in [1.82, 2.24) is 0 Å². The standard InChI is InChI=1S/C23H32O3/c1-14(2)12-22(25)26-21-9-8-20-19-6-4-15-13-16(24)5-7-17(15)18(19)10-11-23(20,21)3/h5,7,13-14,18-21,24H,4,6,8-12H2,1-3H3/t18-,19-,20+,21+,23+/m0/s1. The van der Waals surface area contributed by atoms with Gasteiger partial charge in [0.1, 0.15) is 11.9 Å². The minimum atomic E-state index is -0.0153. The van der Waals surface area contributed by atoms with Crippen molar-refractivity contribution in [2.75, 3.05) is 0 Å². The molecule has 0 heterocycles. The quantitative estimate of drug-likeness (QED) is 0.757. The van der Waals surface area contributed by atoms with Gasteiger partial charge in [-0.05, 0) is 85.5 Å². The number of ether oxygens (including phenoxy) is 1. The number of hydrogen-bond donors (Lipinski definition) is 1. The van der Waals surface area contributed by atoms with Crippen LogP contribution in [-0.2, 0) is 16.0 Å². The second-order valence-corrected chi connectivity index (χ2v) is 9.50. The molecule has 142 valence electrons. The molecule has 0 radical (unpaired) electrons. The van der Waals surface area contributed by atoms with E-state index < -0.39 is 0 Å². The Labute approximate surface area is 157 Å². The van der Waals surface area contributed by atoms with Crippen molar-refractivity contribution in [2.24, 2.45) is 23.2 Å². The van der Waals surface area contributed by atoms with Crippen molar-refractivity contribution < 1.29 is 14.6 Å². The average molecular weight is 357 g/mol. The van der Waals surface area contributed by atoms with E-state index >= 15 is 0 Å². The van der Waals surface area contributed by atoms with E-state index in [9.17, 15) is 9.90 Å². The highest BCUT2D eigenvalue weighted by Crippen LogP contribution is 2.61. The Balaban J connectivity index is 1.53. The summed E-state index contributed by atoms with van der Waals surface area (Å²) in [6, 6.07) is 5.96. The normalized spacial score (nSPS) is 35.5. The number of rotatable bonds is 3. The van der Waals surface area contributed by atoms with E-state index in [1.807, 2.05) is 12.1 Å². The van der Waals surface area contributed by atoms with Gasteiger partial charge in [-0.1, -0.05) is 26.8 Å². The van der Waals surface area contributed by atoms with Crippen LogP contribution in [0, 0.1) is 23.2 Å². The maximum Gasteiger partial charge on any atom is 0.306 e. The van der Waals surface area contributed by atoms with Crippen LogP contribution in [0.2, 0.25) is 0 Å². The van der Waals surface area contributed by atoms with Gasteiger partial charge in [-0.3, -0.25) is 4.79 Å². The number of phenols is 1. The van der Waals surface area contributed by atoms with E-state index in [2.05, 4.69) is 26.8 Å². The summed E-state index contributed by atoms with van der Waals surface area (Å²) in [7, 11) is 0. The van der Waals surface area contributed by atoms with Crippen LogP contribution in [0.15, 0.2) is 18.2 Å². The van der Waals surface area contributed by atoms with Gasteiger partial charge < -0.3 is 9.84 Å². The fourth-order valence-corrected chi connectivity index (χ4v) is 6.25. The van der Waals surface area contributed by atoms with Crippen molar-refractivity contribution in [3.05, 3.63) is 29.3 Å². The maximum absolute atomic E-state index is 12.3. The summed E-state index contributed by atoms with van der Waals surface area (Å²) in [5.74, 6) is 2.69. The molecular weight excluding hydrogens is 324 g/mol. The van der Waals surface area contributed by atoms with Crippen LogP contribution in [0.5, 0.6) is 5.75 Å². The lowest BCUT2D eigenvalue weighted by molar-refractivity contribution is -0.158. The summed E-state index contributed by atoms with van der Waals surface area (Å²) in [4.78, 5) is 12.3. The van der Waals surface area contributed by atoms with Gasteiger partial charge in [0.2, 0.25) is 0 Å². The summed E-state index contributed by atoms with van der Waals surface area (Å²) in [6.07, 6.45) is 7.41. The van der Waals surface area contributed by atoms with E-state index in [4.69, 9.17) is 4.74 Å². The van der Waals surface area contributed by atoms with Crippen LogP contribution in [0.3, 0.4) is 0 Å². The molecule has 2 fully saturated rings. The number of esters is 1. The number of hydrogen-bond acceptors (Lipinski definition) is 3. The SMILES string of the molecule is CC(C)CC(=O)O[C@@H]1CC[C@@H]2[C@H]3CCc4cc(O)ccc4[C@@H]3CC[C@]21C. The van der Waals surface area contributed by atoms with Crippen molar-refractivity contribution in [1.29, 1.82) is 0 Å². The third-order valence-electron chi connectivity index (χ3n) is 7.47. The Morgan fingerprint density at radius 1 is 1.27 bits per heavy atom. The molecule has 0 aliphatic heterocycles. The van der Waals surface area contributed by atoms with Crippen molar-refractivity contribution in [3.8, 4) is 5.75 Å². The smallest absolute Gasteiger partial charge is 0.306 e. The van der Waals surface area contributed by atoms with Gasteiger partial charge in [-0.2, -0.15) is 0 Å². The van der Waals surface area contributed by atoms with Crippen molar-refractivity contribution >= 4 is 5.97 Å². The molecule has 2 saturated carbocycles. The Kier molecular flexibility index (Phi) is 4.53. The average Bonchev–Trinajstić information content (AvgIpc) is 2.90. The molecule has 3 aliphatic carbocycles. The molecule has 5 atom stereocenters. The first-order valence-corrected chi connectivity index (χ1v) is 10.4. The van der Waals surface area contributed by atoms with E-state index in [0.717, 1.165) is 19.3 Å². The molecule has 3 aliphatic rings. The molecule has 1 aromatic carbocycles. The van der Waals surface area contributed by atoms with E-state index in [-0.39, 0.29) is 17.5 Å². The topological polar surface area (TPSA) is 46.5 Å². The Bertz CT molecular complexity index is 695. The van der Waals surface area contributed by atoms with Crippen molar-refractivity contribution in [3.63, 3.8) is 0 Å². The number of fused-ring (bicyclic) bond motifs is 5. The fraction of sp³-hybridized carbons (Fsp3) is 0.696. The van der Waals surface area contributed by atoms with Gasteiger partial charge in [0, 0.05) is 11.8 Å². The summed E-state index contributed by atoms with van der Waals surface area (Å²) < 4.78 is 5.99. The fourth-order valence-electron chi connectivity index (χ4n) is 6.25. The predicted octanol–water partition coefficient (Wildman–Crippen LogP) is 5.21. The molecule has 0 unspecified atom stereocenters. The molecule has 4 rings (SSSR count). The van der Waals surface area contributed by atoms with Crippen LogP contribution in [0.4, 0.5) is 0 Å². The lowest BCUT2D eigenvalue weighted by Gasteiger charge is -2.50. The van der Waals surface area contributed by atoms with E-state index in [1.165, 1.54) is 30.4 Å². The molecule has 0 amide bonds. The van der Waals surface area contributed by atoms with Gasteiger partial charge in [0.25, 0.3) is 0 Å². The van der Waals surface area contributed by atoms with Gasteiger partial charge in [-0.25, -0.2) is 0 Å². The summed E-state index contributed by atoms with van der Waals surface area (Å²) in [5, 5.41) is 9.81. The first-order valence-electron chi connectivity index (χ1n) is 10.4. The monoisotopic (exact) mass is 356 g/mol. The zero-order valence-electron chi connectivity index (χ0n) is 16.3. The molecule has 0 saturated heterocycles. The highest BCUT2D eigenvalue weighted by atomic mass is 16.5. The predicted molar refractivity (Wildman–Crippen MR) is 102 cm³/mol. The van der Waals surface area contributed by atoms with Crippen molar-refractivity contribution in [2.45, 2.75) is 77.7 Å². The minimum absolute atomic E-state index is 0.0153. The maximum atomic E-state index is 12.3. The highest BCUT2D eigenvalue weighted by molar-refractivity contribution is 5.69. The number of benzene rings is 1. The van der Waals surface area contributed by atoms with Gasteiger partial charge in [0.05, 0.1) is 0 Å². The molecule has 1 aromatic rings. The lowest BCUT2D eigenvalue weighted by Crippen LogP contribution is -2.45. The lowest BCUT2D eigenvalue weighted by atomic mass is 9.55. The second-order valence-electron chi connectivity index (χ2n) is 9.50. The summed E-state index contributed by atoms with van der Waals surface area (Å²) in [6.45, 7) is 6.52. The van der Waals surface area contributed by atoms with Crippen LogP contribution in [0.25, 0.3) is 0 Å². The van der Waals surface area contributed by atoms with Crippen LogP contribution >= 0.6 is 0 Å². The molecule has 26 heavy (non-hydrogen) atoms. The Morgan fingerprint density at radius 3 is 2.85 bits per heavy atom. The van der Waals surface area contributed by atoms with Gasteiger partial charge in [0.15, 0.2) is 0 Å². The van der Waals surface area contributed by atoms with Crippen LogP contribution < -0.4 is 0 Å². The number of carbonyl (C=O) groups excluding carboxylic acids is 1. The van der Waals surface area contributed by atoms with Crippen LogP contribution in [-0.4, -0.2) is 17.2 Å². The molecule has 3 heteroatoms. The highest BCUT2D eigenvalue weighted by Gasteiger charge is 2.56. The third-order valence-corrected chi connectivity index (χ3v) is 7.47. The molecule has 0 aromatic heterocycles. The molecule has 3 nitrogen and oxygen atoms in total. The van der Waals surface area contributed by atoms with Gasteiger partial charge >= 0.3 is 5.97 Å². The molecular formula is C23H32O3. The minimum Gasteiger partial charge on any atom is -0.508 e.